The summed E-state index contributed by atoms with van der Waals surface area (Å²) in [7, 11) is -3.98. The van der Waals surface area contributed by atoms with E-state index in [0.29, 0.717) is 16.8 Å². The van der Waals surface area contributed by atoms with Crippen LogP contribution in [0.3, 0.4) is 0 Å². The minimum absolute atomic E-state index is 0.127. The molecule has 0 saturated carbocycles. The second-order valence-electron chi connectivity index (χ2n) is 7.80. The lowest BCUT2D eigenvalue weighted by atomic mass is 10.2. The second kappa shape index (κ2) is 10.6. The molecule has 0 atom stereocenters. The number of amides is 1. The largest absolute Gasteiger partial charge is 0.379 e. The Labute approximate surface area is 195 Å². The molecule has 1 N–H and O–H groups in total. The summed E-state index contributed by atoms with van der Waals surface area (Å²) in [6.45, 7) is 11.4. The molecule has 0 saturated heterocycles. The molecule has 1 heterocycles. The van der Waals surface area contributed by atoms with Gasteiger partial charge in [-0.2, -0.15) is 13.5 Å². The van der Waals surface area contributed by atoms with Crippen molar-refractivity contribution in [2.45, 2.75) is 39.1 Å². The number of benzene rings is 2. The van der Waals surface area contributed by atoms with Crippen molar-refractivity contribution in [2.24, 2.45) is 0 Å². The Kier molecular flexibility index (Phi) is 7.88. The van der Waals surface area contributed by atoms with Gasteiger partial charge in [-0.1, -0.05) is 26.0 Å². The maximum Gasteiger partial charge on any atom is 0.339 e. The first kappa shape index (κ1) is 24.5. The third-order valence-electron chi connectivity index (χ3n) is 5.37. The minimum Gasteiger partial charge on any atom is -0.379 e. The third kappa shape index (κ3) is 6.43. The Morgan fingerprint density at radius 3 is 2.45 bits per heavy atom. The van der Waals surface area contributed by atoms with E-state index in [4.69, 9.17) is 4.18 Å². The van der Waals surface area contributed by atoms with E-state index in [1.165, 1.54) is 24.3 Å². The van der Waals surface area contributed by atoms with Crippen LogP contribution < -0.4 is 9.50 Å². The summed E-state index contributed by atoms with van der Waals surface area (Å²) in [5.41, 5.74) is 2.40. The summed E-state index contributed by atoms with van der Waals surface area (Å²) in [5.74, 6) is -0.182. The maximum absolute atomic E-state index is 12.7. The van der Waals surface area contributed by atoms with E-state index < -0.39 is 10.1 Å². The fraction of sp³-hybridized carbons (Fsp3) is 0.333. The molecule has 2 aromatic carbocycles. The number of carbonyl (C=O) groups excluding carboxylic acids is 1. The molecule has 0 aliphatic heterocycles. The Morgan fingerprint density at radius 2 is 1.79 bits per heavy atom. The minimum atomic E-state index is -3.98. The quantitative estimate of drug-likeness (QED) is 0.452. The van der Waals surface area contributed by atoms with Crippen LogP contribution in [0.5, 0.6) is 5.75 Å². The van der Waals surface area contributed by atoms with Crippen LogP contribution in [-0.4, -0.2) is 48.6 Å². The first-order valence-electron chi connectivity index (χ1n) is 10.9. The highest BCUT2D eigenvalue weighted by atomic mass is 32.2. The molecule has 1 amide bonds. The molecule has 1 aromatic heterocycles. The first-order chi connectivity index (χ1) is 15.7. The molecule has 0 fully saturated rings. The van der Waals surface area contributed by atoms with Gasteiger partial charge in [0.2, 0.25) is 0 Å². The number of aromatic nitrogens is 2. The summed E-state index contributed by atoms with van der Waals surface area (Å²) in [6, 6.07) is 11.1. The molecule has 33 heavy (non-hydrogen) atoms. The number of nitrogens with zero attached hydrogens (tertiary/aromatic N) is 3. The van der Waals surface area contributed by atoms with E-state index in [-0.39, 0.29) is 16.6 Å². The van der Waals surface area contributed by atoms with E-state index in [9.17, 15) is 13.2 Å². The van der Waals surface area contributed by atoms with Crippen LogP contribution in [-0.2, 0) is 16.7 Å². The standard InChI is InChI=1S/C24H30N4O4S/c1-5-27(6-2)13-14-28-17-21(16-25-28)26-24(29)20-9-11-22(12-10-20)32-33(30,31)23-15-18(3)7-8-19(23)4/h7-12,15-17H,5-6,13-14H2,1-4H3,(H,26,29). The predicted octanol–water partition coefficient (Wildman–Crippen LogP) is 3.86. The molecule has 0 spiro atoms. The zero-order valence-electron chi connectivity index (χ0n) is 19.4. The van der Waals surface area contributed by atoms with Crippen LogP contribution >= 0.6 is 0 Å². The van der Waals surface area contributed by atoms with Gasteiger partial charge in [0.05, 0.1) is 18.4 Å². The fourth-order valence-electron chi connectivity index (χ4n) is 3.35. The van der Waals surface area contributed by atoms with Gasteiger partial charge in [-0.05, 0) is 68.4 Å². The lowest BCUT2D eigenvalue weighted by molar-refractivity contribution is 0.102. The normalized spacial score (nSPS) is 11.5. The summed E-state index contributed by atoms with van der Waals surface area (Å²) in [4.78, 5) is 15.0. The van der Waals surface area contributed by atoms with Gasteiger partial charge in [0.1, 0.15) is 10.6 Å². The van der Waals surface area contributed by atoms with Crippen LogP contribution in [0.25, 0.3) is 0 Å². The van der Waals surface area contributed by atoms with Crippen molar-refractivity contribution in [2.75, 3.05) is 25.0 Å². The number of anilines is 1. The average Bonchev–Trinajstić information content (AvgIpc) is 3.23. The number of hydrogen-bond donors (Lipinski definition) is 1. The topological polar surface area (TPSA) is 93.5 Å². The van der Waals surface area contributed by atoms with Crippen LogP contribution in [0.1, 0.15) is 35.3 Å². The van der Waals surface area contributed by atoms with Crippen molar-refractivity contribution in [3.63, 3.8) is 0 Å². The lowest BCUT2D eigenvalue weighted by Gasteiger charge is -2.17. The van der Waals surface area contributed by atoms with Crippen LogP contribution in [0.2, 0.25) is 0 Å². The van der Waals surface area contributed by atoms with E-state index in [0.717, 1.165) is 31.7 Å². The molecule has 0 bridgehead atoms. The molecule has 0 radical (unpaired) electrons. The van der Waals surface area contributed by atoms with Crippen LogP contribution in [0, 0.1) is 13.8 Å². The Bertz CT molecular complexity index is 1200. The molecule has 8 nitrogen and oxygen atoms in total. The Morgan fingerprint density at radius 1 is 1.09 bits per heavy atom. The molecule has 0 unspecified atom stereocenters. The van der Waals surface area contributed by atoms with Gasteiger partial charge in [0.25, 0.3) is 5.91 Å². The number of carbonyl (C=O) groups is 1. The molecule has 0 aliphatic rings. The monoisotopic (exact) mass is 470 g/mol. The maximum atomic E-state index is 12.7. The van der Waals surface area contributed by atoms with Gasteiger partial charge in [0, 0.05) is 18.3 Å². The van der Waals surface area contributed by atoms with Crippen LogP contribution in [0.4, 0.5) is 5.69 Å². The summed E-state index contributed by atoms with van der Waals surface area (Å²) < 4.78 is 32.4. The average molecular weight is 471 g/mol. The van der Waals surface area contributed by atoms with E-state index >= 15 is 0 Å². The summed E-state index contributed by atoms with van der Waals surface area (Å²) >= 11 is 0. The fourth-order valence-corrected chi connectivity index (χ4v) is 4.59. The smallest absolute Gasteiger partial charge is 0.339 e. The zero-order valence-corrected chi connectivity index (χ0v) is 20.2. The first-order valence-corrected chi connectivity index (χ1v) is 12.3. The van der Waals surface area contributed by atoms with Crippen molar-refractivity contribution < 1.29 is 17.4 Å². The highest BCUT2D eigenvalue weighted by molar-refractivity contribution is 7.87. The lowest BCUT2D eigenvalue weighted by Crippen LogP contribution is -2.27. The van der Waals surface area contributed by atoms with Gasteiger partial charge in [-0.15, -0.1) is 0 Å². The predicted molar refractivity (Wildman–Crippen MR) is 128 cm³/mol. The van der Waals surface area contributed by atoms with E-state index in [1.54, 1.807) is 36.1 Å². The molecular weight excluding hydrogens is 440 g/mol. The Balaban J connectivity index is 1.62. The Hall–Kier alpha value is -3.17. The highest BCUT2D eigenvalue weighted by Gasteiger charge is 2.20. The number of hydrogen-bond acceptors (Lipinski definition) is 6. The van der Waals surface area contributed by atoms with Gasteiger partial charge in [-0.3, -0.25) is 9.48 Å². The van der Waals surface area contributed by atoms with Gasteiger partial charge in [0.15, 0.2) is 0 Å². The van der Waals surface area contributed by atoms with Crippen LogP contribution in [0.15, 0.2) is 59.8 Å². The molecule has 176 valence electrons. The molecule has 3 rings (SSSR count). The summed E-state index contributed by atoms with van der Waals surface area (Å²) in [5, 5.41) is 7.10. The van der Waals surface area contributed by atoms with Crippen molar-refractivity contribution in [3.05, 3.63) is 71.5 Å². The van der Waals surface area contributed by atoms with Crippen molar-refractivity contribution in [3.8, 4) is 5.75 Å². The molecular formula is C24H30N4O4S. The number of aryl methyl sites for hydroxylation is 2. The highest BCUT2D eigenvalue weighted by Crippen LogP contribution is 2.23. The van der Waals surface area contributed by atoms with E-state index in [2.05, 4.69) is 29.2 Å². The molecule has 3 aromatic rings. The SMILES string of the molecule is CCN(CC)CCn1cc(NC(=O)c2ccc(OS(=O)(=O)c3cc(C)ccc3C)cc2)cn1. The van der Waals surface area contributed by atoms with E-state index in [1.807, 2.05) is 13.0 Å². The number of rotatable bonds is 10. The molecule has 9 heteroatoms. The van der Waals surface area contributed by atoms with Crippen molar-refractivity contribution >= 4 is 21.7 Å². The number of likely N-dealkylation sites (N-methyl/N-ethyl adjacent to an activating group) is 1. The van der Waals surface area contributed by atoms with Crippen molar-refractivity contribution in [1.82, 2.24) is 14.7 Å². The van der Waals surface area contributed by atoms with Gasteiger partial charge in [-0.25, -0.2) is 0 Å². The van der Waals surface area contributed by atoms with Gasteiger partial charge >= 0.3 is 10.1 Å². The second-order valence-corrected chi connectivity index (χ2v) is 9.32. The van der Waals surface area contributed by atoms with Crippen molar-refractivity contribution in [1.29, 1.82) is 0 Å². The summed E-state index contributed by atoms with van der Waals surface area (Å²) in [6.07, 6.45) is 3.39. The number of nitrogens with one attached hydrogen (secondary N) is 1. The van der Waals surface area contributed by atoms with Gasteiger partial charge < -0.3 is 14.4 Å². The zero-order chi connectivity index (χ0) is 24.0. The molecule has 0 aliphatic carbocycles. The third-order valence-corrected chi connectivity index (χ3v) is 6.76.